The Bertz CT molecular complexity index is 562. The van der Waals surface area contributed by atoms with Gasteiger partial charge in [-0.2, -0.15) is 0 Å². The lowest BCUT2D eigenvalue weighted by Gasteiger charge is -2.07. The Morgan fingerprint density at radius 2 is 2.00 bits per heavy atom. The minimum absolute atomic E-state index is 0.0607. The molecule has 1 amide bonds. The molecule has 17 heavy (non-hydrogen) atoms. The molecule has 1 aromatic carbocycles. The van der Waals surface area contributed by atoms with Crippen LogP contribution in [0.25, 0.3) is 0 Å². The first-order valence-corrected chi connectivity index (χ1v) is 6.82. The molecule has 1 N–H and O–H groups in total. The van der Waals surface area contributed by atoms with Crippen molar-refractivity contribution in [2.75, 3.05) is 5.32 Å². The summed E-state index contributed by atoms with van der Waals surface area (Å²) in [6.45, 7) is 3.99. The molecule has 4 heteroatoms. The number of halogens is 1. The van der Waals surface area contributed by atoms with Crippen LogP contribution in [-0.4, -0.2) is 5.91 Å². The number of thiophene rings is 1. The van der Waals surface area contributed by atoms with Crippen LogP contribution in [0.3, 0.4) is 0 Å². The molecule has 2 rings (SSSR count). The number of benzene rings is 1. The monoisotopic (exact) mass is 309 g/mol. The molecule has 0 radical (unpaired) electrons. The SMILES string of the molecule is Cc1ccc(C(=O)Nc2cccc(C)c2Br)s1. The van der Waals surface area contributed by atoms with Crippen molar-refractivity contribution in [1.29, 1.82) is 0 Å². The molecule has 0 saturated carbocycles. The second kappa shape index (κ2) is 5.02. The fourth-order valence-electron chi connectivity index (χ4n) is 1.48. The summed E-state index contributed by atoms with van der Waals surface area (Å²) >= 11 is 4.97. The zero-order valence-corrected chi connectivity index (χ0v) is 12.0. The summed E-state index contributed by atoms with van der Waals surface area (Å²) in [5.74, 6) is -0.0607. The van der Waals surface area contributed by atoms with E-state index in [-0.39, 0.29) is 5.91 Å². The molecule has 0 saturated heterocycles. The van der Waals surface area contributed by atoms with Crippen molar-refractivity contribution in [2.45, 2.75) is 13.8 Å². The molecule has 0 aliphatic heterocycles. The summed E-state index contributed by atoms with van der Waals surface area (Å²) in [5, 5.41) is 2.91. The summed E-state index contributed by atoms with van der Waals surface area (Å²) in [7, 11) is 0. The van der Waals surface area contributed by atoms with Crippen molar-refractivity contribution >= 4 is 38.9 Å². The number of aryl methyl sites for hydroxylation is 2. The fourth-order valence-corrected chi connectivity index (χ4v) is 2.61. The van der Waals surface area contributed by atoms with E-state index >= 15 is 0 Å². The van der Waals surface area contributed by atoms with Gasteiger partial charge in [0.2, 0.25) is 0 Å². The van der Waals surface area contributed by atoms with Crippen molar-refractivity contribution in [3.05, 3.63) is 50.1 Å². The van der Waals surface area contributed by atoms with E-state index in [2.05, 4.69) is 21.2 Å². The van der Waals surface area contributed by atoms with Crippen LogP contribution in [0.1, 0.15) is 20.1 Å². The van der Waals surface area contributed by atoms with Gasteiger partial charge in [-0.05, 0) is 53.5 Å². The van der Waals surface area contributed by atoms with E-state index in [1.807, 2.05) is 44.2 Å². The lowest BCUT2D eigenvalue weighted by atomic mass is 10.2. The second-order valence-electron chi connectivity index (χ2n) is 3.80. The standard InChI is InChI=1S/C13H12BrNOS/c1-8-4-3-5-10(12(8)14)15-13(16)11-7-6-9(2)17-11/h3-7H,1-2H3,(H,15,16). The minimum atomic E-state index is -0.0607. The van der Waals surface area contributed by atoms with Gasteiger partial charge in [0.25, 0.3) is 5.91 Å². The van der Waals surface area contributed by atoms with Gasteiger partial charge in [-0.15, -0.1) is 11.3 Å². The van der Waals surface area contributed by atoms with E-state index in [0.29, 0.717) is 0 Å². The molecule has 0 aliphatic rings. The van der Waals surface area contributed by atoms with E-state index in [1.54, 1.807) is 0 Å². The Balaban J connectivity index is 2.21. The van der Waals surface area contributed by atoms with Gasteiger partial charge in [0.15, 0.2) is 0 Å². The van der Waals surface area contributed by atoms with E-state index < -0.39 is 0 Å². The molecule has 0 aliphatic carbocycles. The number of carbonyl (C=O) groups is 1. The van der Waals surface area contributed by atoms with Gasteiger partial charge in [-0.3, -0.25) is 4.79 Å². The number of carbonyl (C=O) groups excluding carboxylic acids is 1. The highest BCUT2D eigenvalue weighted by molar-refractivity contribution is 9.10. The molecule has 2 aromatic rings. The molecular weight excluding hydrogens is 298 g/mol. The van der Waals surface area contributed by atoms with Crippen molar-refractivity contribution in [3.63, 3.8) is 0 Å². The number of hydrogen-bond donors (Lipinski definition) is 1. The Labute approximate surface area is 113 Å². The highest BCUT2D eigenvalue weighted by Gasteiger charge is 2.10. The van der Waals surface area contributed by atoms with Crippen LogP contribution in [0, 0.1) is 13.8 Å². The summed E-state index contributed by atoms with van der Waals surface area (Å²) in [6, 6.07) is 9.60. The Morgan fingerprint density at radius 3 is 2.65 bits per heavy atom. The predicted molar refractivity (Wildman–Crippen MR) is 75.9 cm³/mol. The maximum Gasteiger partial charge on any atom is 0.265 e. The topological polar surface area (TPSA) is 29.1 Å². The van der Waals surface area contributed by atoms with Crippen molar-refractivity contribution in [2.24, 2.45) is 0 Å². The summed E-state index contributed by atoms with van der Waals surface area (Å²) in [4.78, 5) is 13.8. The van der Waals surface area contributed by atoms with Gasteiger partial charge >= 0.3 is 0 Å². The maximum absolute atomic E-state index is 12.0. The van der Waals surface area contributed by atoms with Gasteiger partial charge in [-0.1, -0.05) is 12.1 Å². The highest BCUT2D eigenvalue weighted by Crippen LogP contribution is 2.26. The summed E-state index contributed by atoms with van der Waals surface area (Å²) < 4.78 is 0.932. The molecule has 88 valence electrons. The molecule has 0 fully saturated rings. The van der Waals surface area contributed by atoms with Crippen LogP contribution >= 0.6 is 27.3 Å². The first-order chi connectivity index (χ1) is 8.08. The van der Waals surface area contributed by atoms with E-state index in [0.717, 1.165) is 25.5 Å². The van der Waals surface area contributed by atoms with Crippen molar-refractivity contribution in [1.82, 2.24) is 0 Å². The summed E-state index contributed by atoms with van der Waals surface area (Å²) in [5.41, 5.74) is 1.91. The fraction of sp³-hybridized carbons (Fsp3) is 0.154. The second-order valence-corrected chi connectivity index (χ2v) is 5.88. The highest BCUT2D eigenvalue weighted by atomic mass is 79.9. The smallest absolute Gasteiger partial charge is 0.265 e. The third kappa shape index (κ3) is 2.76. The third-order valence-electron chi connectivity index (χ3n) is 2.40. The number of rotatable bonds is 2. The summed E-state index contributed by atoms with van der Waals surface area (Å²) in [6.07, 6.45) is 0. The van der Waals surface area contributed by atoms with Gasteiger partial charge in [0.1, 0.15) is 0 Å². The molecular formula is C13H12BrNOS. The lowest BCUT2D eigenvalue weighted by Crippen LogP contribution is -2.10. The first-order valence-electron chi connectivity index (χ1n) is 5.21. The zero-order valence-electron chi connectivity index (χ0n) is 9.58. The quantitative estimate of drug-likeness (QED) is 0.876. The van der Waals surface area contributed by atoms with Crippen LogP contribution < -0.4 is 5.32 Å². The molecule has 0 bridgehead atoms. The van der Waals surface area contributed by atoms with Gasteiger partial charge in [0.05, 0.1) is 10.6 Å². The molecule has 1 aromatic heterocycles. The molecule has 0 atom stereocenters. The minimum Gasteiger partial charge on any atom is -0.320 e. The van der Waals surface area contributed by atoms with Crippen LogP contribution in [-0.2, 0) is 0 Å². The first kappa shape index (κ1) is 12.3. The Kier molecular flexibility index (Phi) is 3.64. The van der Waals surface area contributed by atoms with Gasteiger partial charge < -0.3 is 5.32 Å². The van der Waals surface area contributed by atoms with Crippen molar-refractivity contribution < 1.29 is 4.79 Å². The molecule has 0 unspecified atom stereocenters. The van der Waals surface area contributed by atoms with Crippen molar-refractivity contribution in [3.8, 4) is 0 Å². The van der Waals surface area contributed by atoms with Gasteiger partial charge in [0, 0.05) is 9.35 Å². The van der Waals surface area contributed by atoms with Gasteiger partial charge in [-0.25, -0.2) is 0 Å². The molecule has 1 heterocycles. The number of hydrogen-bond acceptors (Lipinski definition) is 2. The zero-order chi connectivity index (χ0) is 12.4. The average molecular weight is 310 g/mol. The third-order valence-corrected chi connectivity index (χ3v) is 4.46. The average Bonchev–Trinajstić information content (AvgIpc) is 2.72. The normalized spacial score (nSPS) is 10.3. The van der Waals surface area contributed by atoms with Crippen LogP contribution in [0.4, 0.5) is 5.69 Å². The molecule has 0 spiro atoms. The van der Waals surface area contributed by atoms with E-state index in [4.69, 9.17) is 0 Å². The van der Waals surface area contributed by atoms with Crippen LogP contribution in [0.15, 0.2) is 34.8 Å². The number of nitrogens with one attached hydrogen (secondary N) is 1. The van der Waals surface area contributed by atoms with E-state index in [1.165, 1.54) is 11.3 Å². The predicted octanol–water partition coefficient (Wildman–Crippen LogP) is 4.38. The Morgan fingerprint density at radius 1 is 1.24 bits per heavy atom. The molecule has 2 nitrogen and oxygen atoms in total. The van der Waals surface area contributed by atoms with Crippen LogP contribution in [0.5, 0.6) is 0 Å². The largest absolute Gasteiger partial charge is 0.320 e. The number of anilines is 1. The number of amides is 1. The Hall–Kier alpha value is -1.13. The lowest BCUT2D eigenvalue weighted by molar-refractivity contribution is 0.103. The van der Waals surface area contributed by atoms with E-state index in [9.17, 15) is 4.79 Å². The maximum atomic E-state index is 12.0. The van der Waals surface area contributed by atoms with Crippen LogP contribution in [0.2, 0.25) is 0 Å².